The standard InChI is InChI=1S/C30H23F5O10/c1-4-26(36)43-14-39-18-6-8-20(21(31)12-18)29(38)45-23-10-11-25(28(17(23)3)30(33,34)35)42-16-41-24-9-7-19(13-22(24)32)40-15-44-27(37)5-2/h4-13H,1-2,14-16H2,3H3. The number of halogens is 5. The molecule has 0 fully saturated rings. The molecular formula is C30H23F5O10. The highest BCUT2D eigenvalue weighted by atomic mass is 19.4. The second-order valence-corrected chi connectivity index (χ2v) is 8.45. The Morgan fingerprint density at radius 1 is 0.711 bits per heavy atom. The quantitative estimate of drug-likeness (QED) is 0.0679. The molecule has 0 amide bonds. The maximum atomic E-state index is 14.5. The number of carbonyl (C=O) groups excluding carboxylic acids is 3. The van der Waals surface area contributed by atoms with Crippen LogP contribution in [0.5, 0.6) is 28.7 Å². The molecule has 3 rings (SSSR count). The third-order valence-electron chi connectivity index (χ3n) is 5.54. The van der Waals surface area contributed by atoms with Crippen molar-refractivity contribution < 1.29 is 69.5 Å². The number of hydrogen-bond acceptors (Lipinski definition) is 10. The average Bonchev–Trinajstić information content (AvgIpc) is 2.98. The van der Waals surface area contributed by atoms with Crippen molar-refractivity contribution in [3.63, 3.8) is 0 Å². The third-order valence-corrected chi connectivity index (χ3v) is 5.54. The molecule has 45 heavy (non-hydrogen) atoms. The summed E-state index contributed by atoms with van der Waals surface area (Å²) < 4.78 is 105. The Morgan fingerprint density at radius 3 is 1.76 bits per heavy atom. The Hall–Kier alpha value is -5.60. The van der Waals surface area contributed by atoms with Gasteiger partial charge in [0.2, 0.25) is 20.4 Å². The molecule has 0 N–H and O–H groups in total. The minimum absolute atomic E-state index is 0.0338. The molecule has 0 radical (unpaired) electrons. The van der Waals surface area contributed by atoms with Crippen LogP contribution in [0.2, 0.25) is 0 Å². The Kier molecular flexibility index (Phi) is 11.5. The Bertz CT molecular complexity index is 1590. The summed E-state index contributed by atoms with van der Waals surface area (Å²) in [5.74, 6) is -6.75. The van der Waals surface area contributed by atoms with Crippen molar-refractivity contribution in [1.82, 2.24) is 0 Å². The van der Waals surface area contributed by atoms with Gasteiger partial charge in [-0.25, -0.2) is 23.2 Å². The highest BCUT2D eigenvalue weighted by molar-refractivity contribution is 5.91. The molecule has 0 aromatic heterocycles. The van der Waals surface area contributed by atoms with Gasteiger partial charge in [0, 0.05) is 29.8 Å². The molecular weight excluding hydrogens is 615 g/mol. The lowest BCUT2D eigenvalue weighted by Gasteiger charge is -2.19. The molecule has 0 atom stereocenters. The van der Waals surface area contributed by atoms with Crippen LogP contribution in [0.3, 0.4) is 0 Å². The average molecular weight is 638 g/mol. The van der Waals surface area contributed by atoms with Crippen molar-refractivity contribution >= 4 is 17.9 Å². The number of ether oxygens (including phenoxy) is 7. The molecule has 10 nitrogen and oxygen atoms in total. The van der Waals surface area contributed by atoms with Gasteiger partial charge in [-0.2, -0.15) is 13.2 Å². The molecule has 0 unspecified atom stereocenters. The Morgan fingerprint density at radius 2 is 1.22 bits per heavy atom. The predicted octanol–water partition coefficient (Wildman–Crippen LogP) is 6.06. The van der Waals surface area contributed by atoms with Crippen molar-refractivity contribution in [2.45, 2.75) is 13.1 Å². The second kappa shape index (κ2) is 15.2. The second-order valence-electron chi connectivity index (χ2n) is 8.45. The highest BCUT2D eigenvalue weighted by Crippen LogP contribution is 2.42. The van der Waals surface area contributed by atoms with Crippen LogP contribution in [0.25, 0.3) is 0 Å². The summed E-state index contributed by atoms with van der Waals surface area (Å²) in [6, 6.07) is 7.98. The number of rotatable bonds is 14. The van der Waals surface area contributed by atoms with E-state index in [1.54, 1.807) is 0 Å². The van der Waals surface area contributed by atoms with E-state index in [2.05, 4.69) is 22.6 Å². The molecule has 0 saturated carbocycles. The normalized spacial score (nSPS) is 10.7. The smallest absolute Gasteiger partial charge is 0.420 e. The summed E-state index contributed by atoms with van der Waals surface area (Å²) in [6.07, 6.45) is -3.21. The van der Waals surface area contributed by atoms with Crippen LogP contribution in [0.15, 0.2) is 73.8 Å². The molecule has 0 saturated heterocycles. The largest absolute Gasteiger partial charge is 0.457 e. The van der Waals surface area contributed by atoms with Gasteiger partial charge >= 0.3 is 24.1 Å². The van der Waals surface area contributed by atoms with E-state index in [0.717, 1.165) is 61.5 Å². The van der Waals surface area contributed by atoms with Gasteiger partial charge in [0.15, 0.2) is 11.6 Å². The fraction of sp³-hybridized carbons (Fsp3) is 0.167. The zero-order chi connectivity index (χ0) is 33.1. The van der Waals surface area contributed by atoms with E-state index in [9.17, 15) is 36.3 Å². The van der Waals surface area contributed by atoms with Crippen molar-refractivity contribution in [2.24, 2.45) is 0 Å². The van der Waals surface area contributed by atoms with Gasteiger partial charge in [-0.05, 0) is 43.3 Å². The summed E-state index contributed by atoms with van der Waals surface area (Å²) in [4.78, 5) is 34.6. The first kappa shape index (κ1) is 33.9. The van der Waals surface area contributed by atoms with Crippen molar-refractivity contribution in [2.75, 3.05) is 20.4 Å². The van der Waals surface area contributed by atoms with Gasteiger partial charge < -0.3 is 33.2 Å². The van der Waals surface area contributed by atoms with Crippen LogP contribution in [-0.4, -0.2) is 38.3 Å². The van der Waals surface area contributed by atoms with E-state index < -0.39 is 90.0 Å². The highest BCUT2D eigenvalue weighted by Gasteiger charge is 2.38. The van der Waals surface area contributed by atoms with Crippen LogP contribution in [-0.2, 0) is 25.2 Å². The summed E-state index contributed by atoms with van der Waals surface area (Å²) in [5.41, 5.74) is -2.51. The lowest BCUT2D eigenvalue weighted by molar-refractivity contribution is -0.145. The first-order valence-corrected chi connectivity index (χ1v) is 12.5. The van der Waals surface area contributed by atoms with Gasteiger partial charge in [-0.15, -0.1) is 0 Å². The maximum absolute atomic E-state index is 14.5. The first-order chi connectivity index (χ1) is 21.3. The first-order valence-electron chi connectivity index (χ1n) is 12.5. The molecule has 3 aromatic carbocycles. The van der Waals surface area contributed by atoms with E-state index in [4.69, 9.17) is 23.7 Å². The van der Waals surface area contributed by atoms with E-state index in [1.807, 2.05) is 0 Å². The molecule has 238 valence electrons. The topological polar surface area (TPSA) is 116 Å². The third kappa shape index (κ3) is 9.44. The summed E-state index contributed by atoms with van der Waals surface area (Å²) in [7, 11) is 0. The van der Waals surface area contributed by atoms with Crippen molar-refractivity contribution in [3.05, 3.63) is 102 Å². The Balaban J connectivity index is 1.68. The van der Waals surface area contributed by atoms with E-state index in [0.29, 0.717) is 0 Å². The molecule has 0 bridgehead atoms. The number of benzene rings is 3. The molecule has 0 aliphatic carbocycles. The van der Waals surface area contributed by atoms with E-state index >= 15 is 0 Å². The summed E-state index contributed by atoms with van der Waals surface area (Å²) >= 11 is 0. The fourth-order valence-corrected chi connectivity index (χ4v) is 3.43. The summed E-state index contributed by atoms with van der Waals surface area (Å²) in [5, 5.41) is 0. The molecule has 0 aliphatic rings. The minimum Gasteiger partial charge on any atom is -0.457 e. The van der Waals surface area contributed by atoms with Gasteiger partial charge in [0.05, 0.1) is 5.56 Å². The lowest BCUT2D eigenvalue weighted by atomic mass is 10.1. The van der Waals surface area contributed by atoms with Gasteiger partial charge in [0.1, 0.15) is 34.4 Å². The Labute approximate surface area is 252 Å². The minimum atomic E-state index is -5.00. The predicted molar refractivity (Wildman–Crippen MR) is 144 cm³/mol. The van der Waals surface area contributed by atoms with Crippen LogP contribution in [0.1, 0.15) is 21.5 Å². The van der Waals surface area contributed by atoms with Gasteiger partial charge in [-0.1, -0.05) is 13.2 Å². The van der Waals surface area contributed by atoms with Crippen molar-refractivity contribution in [3.8, 4) is 28.7 Å². The fourth-order valence-electron chi connectivity index (χ4n) is 3.43. The number of carbonyl (C=O) groups is 3. The van der Waals surface area contributed by atoms with Gasteiger partial charge in [0.25, 0.3) is 0 Å². The molecule has 0 aliphatic heterocycles. The zero-order valence-electron chi connectivity index (χ0n) is 23.3. The molecule has 0 heterocycles. The maximum Gasteiger partial charge on any atom is 0.420 e. The summed E-state index contributed by atoms with van der Waals surface area (Å²) in [6.45, 7) is 5.45. The van der Waals surface area contributed by atoms with Crippen LogP contribution in [0.4, 0.5) is 22.0 Å². The van der Waals surface area contributed by atoms with Crippen LogP contribution in [0, 0.1) is 18.6 Å². The zero-order valence-corrected chi connectivity index (χ0v) is 23.3. The van der Waals surface area contributed by atoms with Gasteiger partial charge in [-0.3, -0.25) is 0 Å². The monoisotopic (exact) mass is 638 g/mol. The molecule has 0 spiro atoms. The number of alkyl halides is 3. The lowest BCUT2D eigenvalue weighted by Crippen LogP contribution is -2.16. The van der Waals surface area contributed by atoms with E-state index in [-0.39, 0.29) is 11.5 Å². The van der Waals surface area contributed by atoms with Crippen LogP contribution < -0.4 is 23.7 Å². The van der Waals surface area contributed by atoms with Crippen LogP contribution >= 0.6 is 0 Å². The number of esters is 3. The van der Waals surface area contributed by atoms with Crippen molar-refractivity contribution in [1.29, 1.82) is 0 Å². The molecule has 15 heteroatoms. The SMILES string of the molecule is C=CC(=O)OCOc1ccc(OCOc2ccc(OC(=O)c3ccc(OCOC(=O)C=C)cc3F)c(C)c2C(F)(F)F)c(F)c1. The van der Waals surface area contributed by atoms with E-state index in [1.165, 1.54) is 6.07 Å². The molecule has 3 aromatic rings. The number of hydrogen-bond donors (Lipinski definition) is 0.